The molecule has 0 amide bonds. The molecule has 6 rings (SSSR count). The van der Waals surface area contributed by atoms with Crippen molar-refractivity contribution in [2.24, 2.45) is 0 Å². The van der Waals surface area contributed by atoms with Crippen molar-refractivity contribution in [1.82, 2.24) is 19.9 Å². The molecule has 2 fully saturated rings. The minimum Gasteiger partial charge on any atom is -0.531 e. The van der Waals surface area contributed by atoms with E-state index in [0.29, 0.717) is 42.9 Å². The second-order valence-electron chi connectivity index (χ2n) is 8.44. The van der Waals surface area contributed by atoms with Gasteiger partial charge in [0.25, 0.3) is 0 Å². The second-order valence-corrected chi connectivity index (χ2v) is 8.44. The van der Waals surface area contributed by atoms with Crippen LogP contribution in [0, 0.1) is 0 Å². The van der Waals surface area contributed by atoms with Crippen LogP contribution < -0.4 is 19.9 Å². The molecule has 166 valence electrons. The molecular formula is C22H21BN6O4. The van der Waals surface area contributed by atoms with Crippen LogP contribution in [0.25, 0.3) is 21.8 Å². The van der Waals surface area contributed by atoms with Crippen LogP contribution in [0.15, 0.2) is 49.1 Å². The van der Waals surface area contributed by atoms with Crippen LogP contribution in [0.2, 0.25) is 0 Å². The van der Waals surface area contributed by atoms with E-state index in [-0.39, 0.29) is 12.2 Å². The van der Waals surface area contributed by atoms with Gasteiger partial charge in [0.1, 0.15) is 16.8 Å². The van der Waals surface area contributed by atoms with Crippen molar-refractivity contribution in [3.8, 4) is 5.75 Å². The molecule has 11 heteroatoms. The zero-order chi connectivity index (χ0) is 22.5. The number of aromatic nitrogens is 4. The number of rotatable bonds is 5. The molecule has 4 aromatic rings. The highest BCUT2D eigenvalue weighted by molar-refractivity contribution is 6.60. The SMILES string of the molecule is OB(Oc1cnc2c(N3CC(O)C3)nccc2c1)c1cnc2c(N3CC(O)C3)nccc2c1. The molecule has 3 N–H and O–H groups in total. The fraction of sp³-hybridized carbons (Fsp3) is 0.273. The first kappa shape index (κ1) is 20.1. The molecule has 0 saturated carbocycles. The third-order valence-electron chi connectivity index (χ3n) is 6.01. The van der Waals surface area contributed by atoms with Gasteiger partial charge in [-0.2, -0.15) is 0 Å². The maximum Gasteiger partial charge on any atom is 0.561 e. The average molecular weight is 444 g/mol. The Morgan fingerprint density at radius 1 is 0.788 bits per heavy atom. The molecule has 2 aliphatic heterocycles. The third kappa shape index (κ3) is 3.60. The van der Waals surface area contributed by atoms with Crippen LogP contribution in [0.1, 0.15) is 0 Å². The Balaban J connectivity index is 1.24. The van der Waals surface area contributed by atoms with Gasteiger partial charge >= 0.3 is 7.12 Å². The molecule has 0 spiro atoms. The molecular weight excluding hydrogens is 423 g/mol. The Kier molecular flexibility index (Phi) is 4.75. The fourth-order valence-electron chi connectivity index (χ4n) is 4.20. The fourth-order valence-corrected chi connectivity index (χ4v) is 4.20. The van der Waals surface area contributed by atoms with Crippen molar-refractivity contribution in [2.45, 2.75) is 12.2 Å². The van der Waals surface area contributed by atoms with E-state index in [1.54, 1.807) is 30.9 Å². The van der Waals surface area contributed by atoms with E-state index >= 15 is 0 Å². The van der Waals surface area contributed by atoms with Gasteiger partial charge in [0.2, 0.25) is 0 Å². The maximum absolute atomic E-state index is 10.7. The average Bonchev–Trinajstić information content (AvgIpc) is 2.79. The zero-order valence-corrected chi connectivity index (χ0v) is 17.6. The summed E-state index contributed by atoms with van der Waals surface area (Å²) in [5, 5.41) is 31.5. The number of pyridine rings is 4. The molecule has 0 aromatic carbocycles. The summed E-state index contributed by atoms with van der Waals surface area (Å²) in [6, 6.07) is 7.29. The van der Waals surface area contributed by atoms with Crippen LogP contribution in [-0.2, 0) is 0 Å². The number of aliphatic hydroxyl groups is 2. The lowest BCUT2D eigenvalue weighted by Crippen LogP contribution is -2.51. The monoisotopic (exact) mass is 444 g/mol. The first-order chi connectivity index (χ1) is 16.0. The number of anilines is 2. The molecule has 0 aliphatic carbocycles. The van der Waals surface area contributed by atoms with Gasteiger partial charge in [-0.1, -0.05) is 6.07 Å². The number of hydrogen-bond donors (Lipinski definition) is 3. The van der Waals surface area contributed by atoms with E-state index in [0.717, 1.165) is 27.9 Å². The minimum atomic E-state index is -1.23. The van der Waals surface area contributed by atoms with Gasteiger partial charge in [0.15, 0.2) is 11.6 Å². The van der Waals surface area contributed by atoms with Crippen molar-refractivity contribution in [2.75, 3.05) is 36.0 Å². The van der Waals surface area contributed by atoms with Crippen molar-refractivity contribution in [3.05, 3.63) is 49.1 Å². The van der Waals surface area contributed by atoms with Crippen molar-refractivity contribution in [3.63, 3.8) is 0 Å². The van der Waals surface area contributed by atoms with E-state index in [9.17, 15) is 15.2 Å². The summed E-state index contributed by atoms with van der Waals surface area (Å²) in [6.07, 6.45) is 5.84. The van der Waals surface area contributed by atoms with E-state index in [1.165, 1.54) is 0 Å². The van der Waals surface area contributed by atoms with E-state index < -0.39 is 7.12 Å². The molecule has 0 bridgehead atoms. The maximum atomic E-state index is 10.7. The van der Waals surface area contributed by atoms with Crippen LogP contribution >= 0.6 is 0 Å². The van der Waals surface area contributed by atoms with Gasteiger partial charge in [-0.3, -0.25) is 4.98 Å². The summed E-state index contributed by atoms with van der Waals surface area (Å²) < 4.78 is 5.76. The van der Waals surface area contributed by atoms with Gasteiger partial charge in [0.05, 0.1) is 18.4 Å². The van der Waals surface area contributed by atoms with Crippen LogP contribution in [0.4, 0.5) is 11.6 Å². The lowest BCUT2D eigenvalue weighted by molar-refractivity contribution is 0.141. The topological polar surface area (TPSA) is 128 Å². The number of fused-ring (bicyclic) bond motifs is 2. The van der Waals surface area contributed by atoms with Gasteiger partial charge in [0, 0.05) is 61.0 Å². The second kappa shape index (κ2) is 7.80. The first-order valence-electron chi connectivity index (χ1n) is 10.8. The van der Waals surface area contributed by atoms with E-state index in [1.807, 2.05) is 28.0 Å². The summed E-state index contributed by atoms with van der Waals surface area (Å²) in [5.41, 5.74) is 1.94. The van der Waals surface area contributed by atoms with Crippen molar-refractivity contribution >= 4 is 46.0 Å². The lowest BCUT2D eigenvalue weighted by atomic mass is 9.80. The predicted molar refractivity (Wildman–Crippen MR) is 124 cm³/mol. The standard InChI is InChI=1S/C22H21BN6O4/c30-16-9-28(10-16)21-19-13(1-3-24-21)5-15(7-26-19)23(32)33-18-6-14-2-4-25-22(20(14)27-8-18)29-11-17(31)12-29/h1-8,16-17,30-32H,9-12H2. The molecule has 2 aliphatic rings. The Bertz CT molecular complexity index is 1350. The zero-order valence-electron chi connectivity index (χ0n) is 17.6. The lowest BCUT2D eigenvalue weighted by Gasteiger charge is -2.37. The summed E-state index contributed by atoms with van der Waals surface area (Å²) in [5.74, 6) is 1.86. The Hall–Kier alpha value is -3.54. The summed E-state index contributed by atoms with van der Waals surface area (Å²) in [7, 11) is -1.23. The minimum absolute atomic E-state index is 0.334. The summed E-state index contributed by atoms with van der Waals surface area (Å²) in [6.45, 7) is 2.14. The van der Waals surface area contributed by atoms with Crippen LogP contribution in [-0.4, -0.2) is 80.7 Å². The molecule has 0 radical (unpaired) electrons. The van der Waals surface area contributed by atoms with Gasteiger partial charge < -0.3 is 29.7 Å². The molecule has 10 nitrogen and oxygen atoms in total. The third-order valence-corrected chi connectivity index (χ3v) is 6.01. The highest BCUT2D eigenvalue weighted by Crippen LogP contribution is 2.29. The van der Waals surface area contributed by atoms with E-state index in [2.05, 4.69) is 19.9 Å². The molecule has 33 heavy (non-hydrogen) atoms. The number of nitrogens with zero attached hydrogens (tertiary/aromatic N) is 6. The predicted octanol–water partition coefficient (Wildman–Crippen LogP) is -0.299. The molecule has 0 unspecified atom stereocenters. The van der Waals surface area contributed by atoms with Crippen LogP contribution in [0.3, 0.4) is 0 Å². The van der Waals surface area contributed by atoms with Gasteiger partial charge in [-0.25, -0.2) is 15.0 Å². The van der Waals surface area contributed by atoms with Crippen molar-refractivity contribution in [1.29, 1.82) is 0 Å². The Labute approximate surface area is 189 Å². The summed E-state index contributed by atoms with van der Waals surface area (Å²) in [4.78, 5) is 21.7. The van der Waals surface area contributed by atoms with E-state index in [4.69, 9.17) is 4.65 Å². The Morgan fingerprint density at radius 2 is 1.33 bits per heavy atom. The first-order valence-corrected chi connectivity index (χ1v) is 10.8. The van der Waals surface area contributed by atoms with Gasteiger partial charge in [-0.15, -0.1) is 0 Å². The van der Waals surface area contributed by atoms with Gasteiger partial charge in [-0.05, 0) is 18.2 Å². The number of β-amino-alcohol motifs (C(OH)–C–C–N with tert-alkyl or cyclic N) is 2. The smallest absolute Gasteiger partial charge is 0.531 e. The molecule has 0 atom stereocenters. The number of aliphatic hydroxyl groups excluding tert-OH is 2. The van der Waals surface area contributed by atoms with Crippen molar-refractivity contribution < 1.29 is 19.9 Å². The molecule has 4 aromatic heterocycles. The number of hydrogen-bond acceptors (Lipinski definition) is 10. The Morgan fingerprint density at radius 3 is 1.91 bits per heavy atom. The van der Waals surface area contributed by atoms with Crippen LogP contribution in [0.5, 0.6) is 5.75 Å². The highest BCUT2D eigenvalue weighted by Gasteiger charge is 2.29. The quantitative estimate of drug-likeness (QED) is 0.353. The summed E-state index contributed by atoms with van der Waals surface area (Å²) >= 11 is 0. The highest BCUT2D eigenvalue weighted by atomic mass is 16.5. The molecule has 6 heterocycles. The normalized spacial score (nSPS) is 16.7. The molecule has 2 saturated heterocycles. The largest absolute Gasteiger partial charge is 0.561 e.